The molecule has 1 aromatic rings. The minimum absolute atomic E-state index is 0.0575. The van der Waals surface area contributed by atoms with Gasteiger partial charge in [-0.05, 0) is 31.4 Å². The van der Waals surface area contributed by atoms with Gasteiger partial charge in [-0.2, -0.15) is 11.8 Å². The summed E-state index contributed by atoms with van der Waals surface area (Å²) < 4.78 is 0. The third-order valence-corrected chi connectivity index (χ3v) is 6.07. The number of nitrogens with zero attached hydrogens (tertiary/aromatic N) is 2. The van der Waals surface area contributed by atoms with Crippen molar-refractivity contribution in [3.8, 4) is 0 Å². The second-order valence-electron chi connectivity index (χ2n) is 5.29. The molecule has 3 rings (SSSR count). The molecule has 0 spiro atoms. The lowest BCUT2D eigenvalue weighted by Crippen LogP contribution is -2.38. The molecule has 2 fully saturated rings. The van der Waals surface area contributed by atoms with E-state index >= 15 is 0 Å². The fraction of sp³-hybridized carbons (Fsp3) is 0.692. The van der Waals surface area contributed by atoms with Crippen LogP contribution in [0.25, 0.3) is 0 Å². The van der Waals surface area contributed by atoms with E-state index in [2.05, 4.69) is 15.2 Å². The number of thiazole rings is 1. The minimum Gasteiger partial charge on any atom is -0.382 e. The summed E-state index contributed by atoms with van der Waals surface area (Å²) in [5, 5.41) is 3.98. The van der Waals surface area contributed by atoms with Gasteiger partial charge in [-0.3, -0.25) is 4.79 Å². The molecule has 7 heteroatoms. The van der Waals surface area contributed by atoms with Crippen molar-refractivity contribution < 1.29 is 4.79 Å². The molecule has 2 aliphatic rings. The summed E-state index contributed by atoms with van der Waals surface area (Å²) in [5.74, 6) is 2.52. The largest absolute Gasteiger partial charge is 0.382 e. The van der Waals surface area contributed by atoms with Crippen LogP contribution in [-0.4, -0.2) is 41.5 Å². The summed E-state index contributed by atoms with van der Waals surface area (Å²) in [6.07, 6.45) is 4.63. The second-order valence-corrected chi connectivity index (χ2v) is 7.42. The maximum Gasteiger partial charge on any atom is 0.265 e. The van der Waals surface area contributed by atoms with Crippen LogP contribution in [0.5, 0.6) is 0 Å². The number of rotatable bonds is 3. The van der Waals surface area contributed by atoms with Crippen LogP contribution in [0.4, 0.5) is 10.9 Å². The molecule has 0 bridgehead atoms. The number of amides is 1. The predicted molar refractivity (Wildman–Crippen MR) is 85.8 cm³/mol. The third-order valence-electron chi connectivity index (χ3n) is 3.72. The Morgan fingerprint density at radius 1 is 1.35 bits per heavy atom. The summed E-state index contributed by atoms with van der Waals surface area (Å²) in [4.78, 5) is 19.5. The fourth-order valence-corrected chi connectivity index (χ4v) is 4.64. The third kappa shape index (κ3) is 3.03. The van der Waals surface area contributed by atoms with Crippen LogP contribution in [0.1, 0.15) is 35.4 Å². The number of nitrogens with one attached hydrogen (secondary N) is 1. The smallest absolute Gasteiger partial charge is 0.265 e. The van der Waals surface area contributed by atoms with E-state index in [-0.39, 0.29) is 11.9 Å². The molecule has 0 aliphatic carbocycles. The average molecular weight is 312 g/mol. The number of carbonyl (C=O) groups is 1. The summed E-state index contributed by atoms with van der Waals surface area (Å²) in [6, 6.07) is 0.276. The van der Waals surface area contributed by atoms with Crippen molar-refractivity contribution in [2.45, 2.75) is 31.7 Å². The molecule has 0 aromatic carbocycles. The van der Waals surface area contributed by atoms with Crippen molar-refractivity contribution in [2.24, 2.45) is 0 Å². The number of nitrogens with two attached hydrogens (primary N) is 1. The molecular weight excluding hydrogens is 292 g/mol. The van der Waals surface area contributed by atoms with E-state index in [4.69, 9.17) is 5.73 Å². The Balaban J connectivity index is 1.67. The highest BCUT2D eigenvalue weighted by atomic mass is 32.2. The van der Waals surface area contributed by atoms with Crippen LogP contribution < -0.4 is 16.0 Å². The molecule has 110 valence electrons. The van der Waals surface area contributed by atoms with Crippen molar-refractivity contribution in [1.82, 2.24) is 10.3 Å². The highest BCUT2D eigenvalue weighted by Crippen LogP contribution is 2.30. The summed E-state index contributed by atoms with van der Waals surface area (Å²) in [5.41, 5.74) is 5.92. The first-order valence-electron chi connectivity index (χ1n) is 7.14. The van der Waals surface area contributed by atoms with Gasteiger partial charge in [-0.25, -0.2) is 4.98 Å². The number of hydrogen-bond acceptors (Lipinski definition) is 6. The van der Waals surface area contributed by atoms with Crippen molar-refractivity contribution in [3.05, 3.63) is 4.88 Å². The molecule has 1 amide bonds. The molecule has 1 atom stereocenters. The summed E-state index contributed by atoms with van der Waals surface area (Å²) in [6.45, 7) is 2.04. The molecular formula is C13H20N4OS2. The zero-order valence-electron chi connectivity index (χ0n) is 11.4. The Morgan fingerprint density at radius 2 is 2.15 bits per heavy atom. The molecule has 1 aromatic heterocycles. The lowest BCUT2D eigenvalue weighted by atomic mass is 10.2. The van der Waals surface area contributed by atoms with Crippen LogP contribution in [-0.2, 0) is 0 Å². The van der Waals surface area contributed by atoms with E-state index in [1.54, 1.807) is 0 Å². The Bertz CT molecular complexity index is 479. The Kier molecular flexibility index (Phi) is 4.35. The molecule has 3 N–H and O–H groups in total. The zero-order chi connectivity index (χ0) is 13.9. The van der Waals surface area contributed by atoms with Crippen molar-refractivity contribution >= 4 is 40.0 Å². The minimum atomic E-state index is -0.0575. The van der Waals surface area contributed by atoms with Crippen molar-refractivity contribution in [1.29, 1.82) is 0 Å². The van der Waals surface area contributed by atoms with Crippen LogP contribution in [0.3, 0.4) is 0 Å². The van der Waals surface area contributed by atoms with Crippen molar-refractivity contribution in [2.75, 3.05) is 35.2 Å². The van der Waals surface area contributed by atoms with Crippen LogP contribution in [0.2, 0.25) is 0 Å². The lowest BCUT2D eigenvalue weighted by Gasteiger charge is -2.22. The quantitative estimate of drug-likeness (QED) is 0.892. The molecule has 3 heterocycles. The van der Waals surface area contributed by atoms with Crippen LogP contribution in [0, 0.1) is 0 Å². The molecule has 0 saturated carbocycles. The maximum atomic E-state index is 12.3. The van der Waals surface area contributed by atoms with Crippen molar-refractivity contribution in [3.63, 3.8) is 0 Å². The van der Waals surface area contributed by atoms with Crippen LogP contribution in [0.15, 0.2) is 0 Å². The van der Waals surface area contributed by atoms with Gasteiger partial charge in [0.1, 0.15) is 10.7 Å². The Labute approximate surface area is 127 Å². The van der Waals surface area contributed by atoms with E-state index in [0.29, 0.717) is 10.7 Å². The van der Waals surface area contributed by atoms with Gasteiger partial charge in [0.2, 0.25) is 0 Å². The maximum absolute atomic E-state index is 12.3. The number of aromatic nitrogens is 1. The number of carbonyl (C=O) groups excluding carboxylic acids is 1. The topological polar surface area (TPSA) is 71.2 Å². The van der Waals surface area contributed by atoms with Gasteiger partial charge in [-0.15, -0.1) is 0 Å². The summed E-state index contributed by atoms with van der Waals surface area (Å²) >= 11 is 3.33. The van der Waals surface area contributed by atoms with Gasteiger partial charge in [0.25, 0.3) is 5.91 Å². The second kappa shape index (κ2) is 6.22. The predicted octanol–water partition coefficient (Wildman–Crippen LogP) is 1.95. The molecule has 20 heavy (non-hydrogen) atoms. The molecule has 5 nitrogen and oxygen atoms in total. The van der Waals surface area contributed by atoms with Gasteiger partial charge >= 0.3 is 0 Å². The van der Waals surface area contributed by atoms with E-state index in [1.165, 1.54) is 36.4 Å². The zero-order valence-corrected chi connectivity index (χ0v) is 13.1. The molecule has 0 radical (unpaired) electrons. The highest BCUT2D eigenvalue weighted by molar-refractivity contribution is 7.99. The molecule has 2 saturated heterocycles. The van der Waals surface area contributed by atoms with Gasteiger partial charge in [-0.1, -0.05) is 11.3 Å². The van der Waals surface area contributed by atoms with Crippen LogP contribution >= 0.6 is 23.1 Å². The Morgan fingerprint density at radius 3 is 2.85 bits per heavy atom. The average Bonchev–Trinajstić information content (AvgIpc) is 3.08. The van der Waals surface area contributed by atoms with Gasteiger partial charge in [0.15, 0.2) is 5.13 Å². The number of thioether (sulfide) groups is 1. The molecule has 2 aliphatic heterocycles. The standard InChI is InChI=1S/C13H20N4OS2/c14-11-10(12(18)15-9-4-3-7-19-8-9)20-13(16-11)17-5-1-2-6-17/h9H,1-8,14H2,(H,15,18). The van der Waals surface area contributed by atoms with Gasteiger partial charge in [0, 0.05) is 24.9 Å². The van der Waals surface area contributed by atoms with E-state index in [9.17, 15) is 4.79 Å². The van der Waals surface area contributed by atoms with Gasteiger partial charge in [0.05, 0.1) is 0 Å². The first-order valence-corrected chi connectivity index (χ1v) is 9.11. The summed E-state index contributed by atoms with van der Waals surface area (Å²) in [7, 11) is 0. The van der Waals surface area contributed by atoms with E-state index < -0.39 is 0 Å². The first kappa shape index (κ1) is 14.0. The normalized spacial score (nSPS) is 23.0. The number of hydrogen-bond donors (Lipinski definition) is 2. The number of anilines is 2. The van der Waals surface area contributed by atoms with E-state index in [1.807, 2.05) is 11.8 Å². The fourth-order valence-electron chi connectivity index (χ4n) is 2.63. The number of nitrogen functional groups attached to an aromatic ring is 1. The lowest BCUT2D eigenvalue weighted by molar-refractivity contribution is 0.0943. The van der Waals surface area contributed by atoms with E-state index in [0.717, 1.165) is 30.4 Å². The monoisotopic (exact) mass is 312 g/mol. The Hall–Kier alpha value is -0.950. The first-order chi connectivity index (χ1) is 9.74. The SMILES string of the molecule is Nc1nc(N2CCCC2)sc1C(=O)NC1CCCSC1. The van der Waals surface area contributed by atoms with Gasteiger partial charge < -0.3 is 16.0 Å². The highest BCUT2D eigenvalue weighted by Gasteiger charge is 2.23. The molecule has 1 unspecified atom stereocenters.